The van der Waals surface area contributed by atoms with Crippen LogP contribution in [0, 0.1) is 5.92 Å². The van der Waals surface area contributed by atoms with Crippen LogP contribution in [-0.2, 0) is 9.53 Å². The minimum Gasteiger partial charge on any atom is -0.393 e. The van der Waals surface area contributed by atoms with Crippen LogP contribution in [0.25, 0.3) is 0 Å². The fourth-order valence-electron chi connectivity index (χ4n) is 2.13. The van der Waals surface area contributed by atoms with Crippen LogP contribution < -0.4 is 5.32 Å². The summed E-state index contributed by atoms with van der Waals surface area (Å²) in [6, 6.07) is 0. The molecule has 0 radical (unpaired) electrons. The van der Waals surface area contributed by atoms with Gasteiger partial charge in [0.15, 0.2) is 0 Å². The van der Waals surface area contributed by atoms with Gasteiger partial charge in [-0.3, -0.25) is 4.79 Å². The maximum Gasteiger partial charge on any atom is 0.220 e. The number of nitrogens with one attached hydrogen (secondary N) is 1. The molecule has 100 valence electrons. The first kappa shape index (κ1) is 14.5. The smallest absolute Gasteiger partial charge is 0.220 e. The molecule has 0 aromatic heterocycles. The fourth-order valence-corrected chi connectivity index (χ4v) is 2.13. The summed E-state index contributed by atoms with van der Waals surface area (Å²) >= 11 is 0. The lowest BCUT2D eigenvalue weighted by molar-refractivity contribution is -0.124. The Labute approximate surface area is 104 Å². The summed E-state index contributed by atoms with van der Waals surface area (Å²) < 4.78 is 5.45. The molecule has 2 N–H and O–H groups in total. The minimum atomic E-state index is -0.290. The summed E-state index contributed by atoms with van der Waals surface area (Å²) in [5.74, 6) is 0.593. The molecule has 1 unspecified atom stereocenters. The average Bonchev–Trinajstić information content (AvgIpc) is 2.26. The van der Waals surface area contributed by atoms with Gasteiger partial charge in [0, 0.05) is 19.6 Å². The maximum absolute atomic E-state index is 11.5. The van der Waals surface area contributed by atoms with Crippen molar-refractivity contribution in [2.75, 3.05) is 13.2 Å². The Morgan fingerprint density at radius 1 is 1.47 bits per heavy atom. The minimum absolute atomic E-state index is 0.105. The molecule has 1 aliphatic rings. The number of hydrogen-bond acceptors (Lipinski definition) is 3. The van der Waals surface area contributed by atoms with Crippen molar-refractivity contribution in [2.45, 2.75) is 58.2 Å². The lowest BCUT2D eigenvalue weighted by Crippen LogP contribution is -2.36. The lowest BCUT2D eigenvalue weighted by Gasteiger charge is -2.34. The van der Waals surface area contributed by atoms with Gasteiger partial charge in [-0.25, -0.2) is 0 Å². The van der Waals surface area contributed by atoms with Gasteiger partial charge in [-0.1, -0.05) is 6.92 Å². The fraction of sp³-hybridized carbons (Fsp3) is 0.923. The number of aliphatic hydroxyl groups excluding tert-OH is 1. The highest BCUT2D eigenvalue weighted by Gasteiger charge is 2.30. The van der Waals surface area contributed by atoms with E-state index < -0.39 is 0 Å². The Kier molecular flexibility index (Phi) is 6.52. The van der Waals surface area contributed by atoms with Crippen molar-refractivity contribution in [3.63, 3.8) is 0 Å². The molecule has 1 aliphatic carbocycles. The molecule has 1 fully saturated rings. The Morgan fingerprint density at radius 2 is 2.18 bits per heavy atom. The third-order valence-electron chi connectivity index (χ3n) is 3.34. The Balaban J connectivity index is 1.99. The topological polar surface area (TPSA) is 58.6 Å². The van der Waals surface area contributed by atoms with E-state index in [0.717, 1.165) is 25.9 Å². The highest BCUT2D eigenvalue weighted by atomic mass is 16.5. The highest BCUT2D eigenvalue weighted by molar-refractivity contribution is 5.76. The summed E-state index contributed by atoms with van der Waals surface area (Å²) in [7, 11) is 0. The van der Waals surface area contributed by atoms with E-state index in [9.17, 15) is 9.90 Å². The molecule has 4 nitrogen and oxygen atoms in total. The van der Waals surface area contributed by atoms with E-state index in [4.69, 9.17) is 4.74 Å². The van der Waals surface area contributed by atoms with Crippen LogP contribution in [0.2, 0.25) is 0 Å². The standard InChI is InChI=1S/C13H25NO3/c1-3-11(15)5-6-14-13(16)9-10-7-12(8-10)17-4-2/h10-12,15H,3-9H2,1-2H3,(H,14,16). The molecule has 0 aliphatic heterocycles. The molecule has 1 amide bonds. The predicted octanol–water partition coefficient (Wildman–Crippen LogP) is 1.47. The van der Waals surface area contributed by atoms with Gasteiger partial charge in [0.2, 0.25) is 5.91 Å². The van der Waals surface area contributed by atoms with Crippen LogP contribution in [0.1, 0.15) is 46.0 Å². The number of carbonyl (C=O) groups excluding carboxylic acids is 1. The van der Waals surface area contributed by atoms with Crippen LogP contribution in [-0.4, -0.2) is 36.4 Å². The third kappa shape index (κ3) is 5.50. The van der Waals surface area contributed by atoms with Gasteiger partial charge in [-0.05, 0) is 38.5 Å². The van der Waals surface area contributed by atoms with Gasteiger partial charge >= 0.3 is 0 Å². The zero-order valence-corrected chi connectivity index (χ0v) is 10.9. The SMILES string of the molecule is CCOC1CC(CC(=O)NCCC(O)CC)C1. The number of hydrogen-bond donors (Lipinski definition) is 2. The molecule has 0 heterocycles. The summed E-state index contributed by atoms with van der Waals surface area (Å²) in [5, 5.41) is 12.2. The molecular weight excluding hydrogens is 218 g/mol. The molecular formula is C13H25NO3. The summed E-state index contributed by atoms with van der Waals surface area (Å²) in [6.07, 6.45) is 4.10. The van der Waals surface area contributed by atoms with Crippen molar-refractivity contribution in [1.82, 2.24) is 5.32 Å². The monoisotopic (exact) mass is 243 g/mol. The summed E-state index contributed by atoms with van der Waals surface area (Å²) in [5.41, 5.74) is 0. The number of aliphatic hydroxyl groups is 1. The van der Waals surface area contributed by atoms with Gasteiger partial charge in [-0.2, -0.15) is 0 Å². The molecule has 4 heteroatoms. The van der Waals surface area contributed by atoms with Crippen LogP contribution in [0.15, 0.2) is 0 Å². The molecule has 1 saturated carbocycles. The number of amides is 1. The van der Waals surface area contributed by atoms with Crippen molar-refractivity contribution < 1.29 is 14.6 Å². The molecule has 0 aromatic rings. The molecule has 0 bridgehead atoms. The van der Waals surface area contributed by atoms with E-state index in [0.29, 0.717) is 31.4 Å². The van der Waals surface area contributed by atoms with Crippen LogP contribution in [0.3, 0.4) is 0 Å². The highest BCUT2D eigenvalue weighted by Crippen LogP contribution is 2.32. The first-order valence-electron chi connectivity index (χ1n) is 6.72. The van der Waals surface area contributed by atoms with Gasteiger partial charge in [0.1, 0.15) is 0 Å². The van der Waals surface area contributed by atoms with Gasteiger partial charge in [-0.15, -0.1) is 0 Å². The van der Waals surface area contributed by atoms with Crippen molar-refractivity contribution >= 4 is 5.91 Å². The van der Waals surface area contributed by atoms with Crippen LogP contribution in [0.5, 0.6) is 0 Å². The second kappa shape index (κ2) is 7.67. The molecule has 1 rings (SSSR count). The third-order valence-corrected chi connectivity index (χ3v) is 3.34. The predicted molar refractivity (Wildman–Crippen MR) is 66.7 cm³/mol. The quantitative estimate of drug-likeness (QED) is 0.678. The van der Waals surface area contributed by atoms with Crippen molar-refractivity contribution in [1.29, 1.82) is 0 Å². The summed E-state index contributed by atoms with van der Waals surface area (Å²) in [4.78, 5) is 11.5. The molecule has 0 saturated heterocycles. The van der Waals surface area contributed by atoms with Crippen molar-refractivity contribution in [3.05, 3.63) is 0 Å². The van der Waals surface area contributed by atoms with Crippen LogP contribution >= 0.6 is 0 Å². The first-order valence-corrected chi connectivity index (χ1v) is 6.72. The number of carbonyl (C=O) groups is 1. The van der Waals surface area contributed by atoms with Gasteiger partial charge < -0.3 is 15.2 Å². The Hall–Kier alpha value is -0.610. The van der Waals surface area contributed by atoms with Gasteiger partial charge in [0.25, 0.3) is 0 Å². The van der Waals surface area contributed by atoms with Crippen molar-refractivity contribution in [2.24, 2.45) is 5.92 Å². The Morgan fingerprint density at radius 3 is 2.76 bits per heavy atom. The lowest BCUT2D eigenvalue weighted by atomic mass is 9.80. The van der Waals surface area contributed by atoms with E-state index in [1.807, 2.05) is 13.8 Å². The van der Waals surface area contributed by atoms with Gasteiger partial charge in [0.05, 0.1) is 12.2 Å². The zero-order chi connectivity index (χ0) is 12.7. The second-order valence-electron chi connectivity index (χ2n) is 4.82. The van der Waals surface area contributed by atoms with Crippen LogP contribution in [0.4, 0.5) is 0 Å². The largest absolute Gasteiger partial charge is 0.393 e. The van der Waals surface area contributed by atoms with E-state index in [2.05, 4.69) is 5.32 Å². The first-order chi connectivity index (χ1) is 8.15. The van der Waals surface area contributed by atoms with E-state index in [1.54, 1.807) is 0 Å². The normalized spacial score (nSPS) is 25.1. The maximum atomic E-state index is 11.5. The van der Waals surface area contributed by atoms with E-state index in [1.165, 1.54) is 0 Å². The number of rotatable bonds is 8. The Bertz CT molecular complexity index is 227. The molecule has 0 aromatic carbocycles. The average molecular weight is 243 g/mol. The van der Waals surface area contributed by atoms with E-state index in [-0.39, 0.29) is 12.0 Å². The summed E-state index contributed by atoms with van der Waals surface area (Å²) in [6.45, 7) is 5.28. The zero-order valence-electron chi connectivity index (χ0n) is 10.9. The molecule has 17 heavy (non-hydrogen) atoms. The molecule has 0 spiro atoms. The molecule has 1 atom stereocenters. The van der Waals surface area contributed by atoms with Crippen molar-refractivity contribution in [3.8, 4) is 0 Å². The van der Waals surface area contributed by atoms with E-state index >= 15 is 0 Å². The second-order valence-corrected chi connectivity index (χ2v) is 4.82. The number of ether oxygens (including phenoxy) is 1.